The quantitative estimate of drug-likeness (QED) is 0.775. The normalized spacial score (nSPS) is 15.3. The van der Waals surface area contributed by atoms with Gasteiger partial charge in [-0.25, -0.2) is 4.39 Å². The van der Waals surface area contributed by atoms with E-state index in [0.29, 0.717) is 16.9 Å². The number of imide groups is 1. The molecule has 2 amide bonds. The van der Waals surface area contributed by atoms with Gasteiger partial charge in [-0.05, 0) is 35.9 Å². The van der Waals surface area contributed by atoms with E-state index in [0.717, 1.165) is 10.5 Å². The van der Waals surface area contributed by atoms with Crippen molar-refractivity contribution in [3.8, 4) is 5.75 Å². The Balaban J connectivity index is 1.76. The number of allylic oxidation sites excluding steroid dienone is 1. The summed E-state index contributed by atoms with van der Waals surface area (Å²) in [6.45, 7) is 1.48. The molecular weight excluding hydrogens is 321 g/mol. The SMILES string of the molecule is COc1cccc(C(C)/C=C(\F)CN2C(=O)c3ccccc3C2=O)c1. The summed E-state index contributed by atoms with van der Waals surface area (Å²) >= 11 is 0. The van der Waals surface area contributed by atoms with Gasteiger partial charge in [0, 0.05) is 5.92 Å². The van der Waals surface area contributed by atoms with Gasteiger partial charge in [0.1, 0.15) is 11.6 Å². The maximum atomic E-state index is 14.4. The van der Waals surface area contributed by atoms with E-state index < -0.39 is 17.6 Å². The number of carbonyl (C=O) groups excluding carboxylic acids is 2. The molecule has 2 aromatic rings. The Bertz CT molecular complexity index is 825. The average molecular weight is 339 g/mol. The van der Waals surface area contributed by atoms with Gasteiger partial charge in [0.25, 0.3) is 11.8 Å². The zero-order valence-electron chi connectivity index (χ0n) is 14.0. The van der Waals surface area contributed by atoms with Crippen molar-refractivity contribution in [1.29, 1.82) is 0 Å². The van der Waals surface area contributed by atoms with E-state index in [-0.39, 0.29) is 12.5 Å². The number of rotatable bonds is 5. The molecule has 128 valence electrons. The van der Waals surface area contributed by atoms with Crippen molar-refractivity contribution in [2.45, 2.75) is 12.8 Å². The van der Waals surface area contributed by atoms with Gasteiger partial charge in [-0.2, -0.15) is 0 Å². The predicted molar refractivity (Wildman–Crippen MR) is 92.4 cm³/mol. The molecule has 0 radical (unpaired) electrons. The second kappa shape index (κ2) is 6.89. The zero-order valence-corrected chi connectivity index (χ0v) is 14.0. The average Bonchev–Trinajstić information content (AvgIpc) is 2.87. The minimum atomic E-state index is -0.523. The van der Waals surface area contributed by atoms with E-state index in [4.69, 9.17) is 4.74 Å². The van der Waals surface area contributed by atoms with Crippen LogP contribution in [-0.4, -0.2) is 30.4 Å². The molecule has 1 unspecified atom stereocenters. The molecule has 4 nitrogen and oxygen atoms in total. The number of ether oxygens (including phenoxy) is 1. The van der Waals surface area contributed by atoms with Crippen LogP contribution in [0.1, 0.15) is 39.1 Å². The number of fused-ring (bicyclic) bond motifs is 1. The van der Waals surface area contributed by atoms with E-state index in [1.807, 2.05) is 31.2 Å². The van der Waals surface area contributed by atoms with E-state index in [2.05, 4.69) is 0 Å². The second-order valence-corrected chi connectivity index (χ2v) is 5.92. The third-order valence-electron chi connectivity index (χ3n) is 4.24. The zero-order chi connectivity index (χ0) is 18.0. The van der Waals surface area contributed by atoms with Crippen LogP contribution in [0.4, 0.5) is 4.39 Å². The first-order valence-electron chi connectivity index (χ1n) is 7.96. The topological polar surface area (TPSA) is 46.6 Å². The Morgan fingerprint density at radius 1 is 1.12 bits per heavy atom. The third kappa shape index (κ3) is 3.31. The van der Waals surface area contributed by atoms with Crippen LogP contribution in [0.2, 0.25) is 0 Å². The highest BCUT2D eigenvalue weighted by molar-refractivity contribution is 6.21. The van der Waals surface area contributed by atoms with Crippen LogP contribution < -0.4 is 4.74 Å². The lowest BCUT2D eigenvalue weighted by atomic mass is 10.0. The molecule has 0 bridgehead atoms. The molecule has 0 fully saturated rings. The van der Waals surface area contributed by atoms with E-state index in [1.165, 1.54) is 6.08 Å². The maximum absolute atomic E-state index is 14.4. The molecule has 0 saturated carbocycles. The van der Waals surface area contributed by atoms with Crippen molar-refractivity contribution in [2.24, 2.45) is 0 Å². The van der Waals surface area contributed by atoms with Gasteiger partial charge in [0.2, 0.25) is 0 Å². The van der Waals surface area contributed by atoms with Crippen molar-refractivity contribution < 1.29 is 18.7 Å². The van der Waals surface area contributed by atoms with Crippen LogP contribution in [0.25, 0.3) is 0 Å². The highest BCUT2D eigenvalue weighted by Crippen LogP contribution is 2.26. The van der Waals surface area contributed by atoms with Crippen molar-refractivity contribution in [1.82, 2.24) is 4.90 Å². The van der Waals surface area contributed by atoms with Crippen LogP contribution >= 0.6 is 0 Å². The number of methoxy groups -OCH3 is 1. The Labute approximate surface area is 145 Å². The fourth-order valence-corrected chi connectivity index (χ4v) is 2.88. The smallest absolute Gasteiger partial charge is 0.261 e. The molecule has 0 spiro atoms. The molecule has 0 saturated heterocycles. The first kappa shape index (κ1) is 16.9. The Morgan fingerprint density at radius 2 is 1.76 bits per heavy atom. The van der Waals surface area contributed by atoms with Crippen molar-refractivity contribution in [2.75, 3.05) is 13.7 Å². The van der Waals surface area contributed by atoms with Crippen LogP contribution in [0.15, 0.2) is 60.4 Å². The molecule has 2 aromatic carbocycles. The molecule has 0 aliphatic carbocycles. The summed E-state index contributed by atoms with van der Waals surface area (Å²) in [6.07, 6.45) is 1.42. The first-order valence-corrected chi connectivity index (χ1v) is 7.96. The maximum Gasteiger partial charge on any atom is 0.261 e. The standard InChI is InChI=1S/C20H18FNO3/c1-13(14-6-5-7-16(11-14)25-2)10-15(21)12-22-19(23)17-8-3-4-9-18(17)20(22)24/h3-11,13H,12H2,1-2H3/b15-10-. The summed E-state index contributed by atoms with van der Waals surface area (Å²) < 4.78 is 19.6. The van der Waals surface area contributed by atoms with E-state index in [1.54, 1.807) is 31.4 Å². The molecule has 1 aliphatic heterocycles. The van der Waals surface area contributed by atoms with Gasteiger partial charge in [-0.15, -0.1) is 0 Å². The lowest BCUT2D eigenvalue weighted by molar-refractivity contribution is 0.0659. The number of nitrogens with zero attached hydrogens (tertiary/aromatic N) is 1. The van der Waals surface area contributed by atoms with Gasteiger partial charge < -0.3 is 4.74 Å². The number of carbonyl (C=O) groups is 2. The monoisotopic (exact) mass is 339 g/mol. The van der Waals surface area contributed by atoms with Gasteiger partial charge in [-0.1, -0.05) is 31.2 Å². The minimum absolute atomic E-state index is 0.217. The van der Waals surface area contributed by atoms with Crippen LogP contribution in [0.3, 0.4) is 0 Å². The Kier molecular flexibility index (Phi) is 4.65. The lowest BCUT2D eigenvalue weighted by Crippen LogP contribution is -2.31. The van der Waals surface area contributed by atoms with Gasteiger partial charge in [-0.3, -0.25) is 14.5 Å². The van der Waals surface area contributed by atoms with Crippen molar-refractivity contribution in [3.63, 3.8) is 0 Å². The summed E-state index contributed by atoms with van der Waals surface area (Å²) in [6, 6.07) is 13.9. The lowest BCUT2D eigenvalue weighted by Gasteiger charge is -2.14. The highest BCUT2D eigenvalue weighted by atomic mass is 19.1. The van der Waals surface area contributed by atoms with Gasteiger partial charge in [0.15, 0.2) is 0 Å². The number of halogens is 1. The van der Waals surface area contributed by atoms with Crippen LogP contribution in [0.5, 0.6) is 5.75 Å². The number of amides is 2. The van der Waals surface area contributed by atoms with Crippen LogP contribution in [-0.2, 0) is 0 Å². The first-order chi connectivity index (χ1) is 12.0. The molecule has 1 atom stereocenters. The Hall–Kier alpha value is -2.95. The molecule has 1 heterocycles. The highest BCUT2D eigenvalue weighted by Gasteiger charge is 2.35. The molecule has 0 aromatic heterocycles. The molecule has 5 heteroatoms. The van der Waals surface area contributed by atoms with E-state index >= 15 is 0 Å². The van der Waals surface area contributed by atoms with Gasteiger partial charge in [0.05, 0.1) is 24.8 Å². The molecule has 3 rings (SSSR count). The summed E-state index contributed by atoms with van der Waals surface area (Å²) in [5, 5.41) is 0. The third-order valence-corrected chi connectivity index (χ3v) is 4.24. The summed E-state index contributed by atoms with van der Waals surface area (Å²) in [7, 11) is 1.57. The van der Waals surface area contributed by atoms with Gasteiger partial charge >= 0.3 is 0 Å². The number of hydrogen-bond donors (Lipinski definition) is 0. The molecule has 25 heavy (non-hydrogen) atoms. The molecule has 1 aliphatic rings. The summed E-state index contributed by atoms with van der Waals surface area (Å²) in [4.78, 5) is 25.5. The minimum Gasteiger partial charge on any atom is -0.497 e. The van der Waals surface area contributed by atoms with Crippen molar-refractivity contribution in [3.05, 3.63) is 77.1 Å². The summed E-state index contributed by atoms with van der Waals surface area (Å²) in [5.74, 6) is -0.968. The van der Waals surface area contributed by atoms with Crippen LogP contribution in [0, 0.1) is 0 Å². The van der Waals surface area contributed by atoms with E-state index in [9.17, 15) is 14.0 Å². The number of benzene rings is 2. The second-order valence-electron chi connectivity index (χ2n) is 5.92. The predicted octanol–water partition coefficient (Wildman–Crippen LogP) is 3.95. The largest absolute Gasteiger partial charge is 0.497 e. The molecule has 0 N–H and O–H groups in total. The number of hydrogen-bond acceptors (Lipinski definition) is 3. The Morgan fingerprint density at radius 3 is 2.36 bits per heavy atom. The van der Waals surface area contributed by atoms with Crippen molar-refractivity contribution >= 4 is 11.8 Å². The summed E-state index contributed by atoms with van der Waals surface area (Å²) in [5.41, 5.74) is 1.53. The fourth-order valence-electron chi connectivity index (χ4n) is 2.88. The molecular formula is C20H18FNO3. The fraction of sp³-hybridized carbons (Fsp3) is 0.200.